The van der Waals surface area contributed by atoms with E-state index in [1.807, 2.05) is 44.2 Å². The highest BCUT2D eigenvalue weighted by atomic mass is 16.2. The molecule has 0 fully saturated rings. The van der Waals surface area contributed by atoms with Crippen LogP contribution in [0.2, 0.25) is 0 Å². The number of benzene rings is 1. The predicted octanol–water partition coefficient (Wildman–Crippen LogP) is 2.27. The second-order valence-electron chi connectivity index (χ2n) is 5.26. The van der Waals surface area contributed by atoms with Crippen LogP contribution in [-0.2, 0) is 4.79 Å². The molecular formula is C17H21N3O2. The highest BCUT2D eigenvalue weighted by molar-refractivity contribution is 6.05. The Morgan fingerprint density at radius 3 is 2.77 bits per heavy atom. The van der Waals surface area contributed by atoms with Gasteiger partial charge in [0.05, 0.1) is 0 Å². The van der Waals surface area contributed by atoms with Crippen LogP contribution in [0.1, 0.15) is 37.2 Å². The Labute approximate surface area is 130 Å². The van der Waals surface area contributed by atoms with Crippen LogP contribution in [0.25, 0.3) is 10.8 Å². The number of amides is 2. The van der Waals surface area contributed by atoms with Gasteiger partial charge in [0.2, 0.25) is 5.91 Å². The van der Waals surface area contributed by atoms with Crippen LogP contribution < -0.4 is 10.6 Å². The molecule has 1 aromatic heterocycles. The number of carbonyl (C=O) groups is 2. The van der Waals surface area contributed by atoms with Gasteiger partial charge in [-0.05, 0) is 24.8 Å². The Hall–Kier alpha value is -2.43. The van der Waals surface area contributed by atoms with Crippen molar-refractivity contribution in [2.75, 3.05) is 6.54 Å². The normalized spacial score (nSPS) is 11.9. The summed E-state index contributed by atoms with van der Waals surface area (Å²) in [5.74, 6) is -0.311. The minimum atomic E-state index is -0.256. The first-order valence-electron chi connectivity index (χ1n) is 7.53. The van der Waals surface area contributed by atoms with E-state index in [4.69, 9.17) is 0 Å². The largest absolute Gasteiger partial charge is 0.354 e. The van der Waals surface area contributed by atoms with E-state index < -0.39 is 0 Å². The molecule has 0 aliphatic heterocycles. The van der Waals surface area contributed by atoms with Crippen molar-refractivity contribution in [3.05, 3.63) is 42.2 Å². The van der Waals surface area contributed by atoms with Crippen molar-refractivity contribution in [3.63, 3.8) is 0 Å². The van der Waals surface area contributed by atoms with Gasteiger partial charge in [0, 0.05) is 30.6 Å². The molecule has 5 heteroatoms. The van der Waals surface area contributed by atoms with Crippen LogP contribution >= 0.6 is 0 Å². The number of hydrogen-bond acceptors (Lipinski definition) is 3. The number of carbonyl (C=O) groups excluding carboxylic acids is 2. The fraction of sp³-hybridized carbons (Fsp3) is 0.353. The molecule has 0 bridgehead atoms. The molecule has 0 radical (unpaired) electrons. The van der Waals surface area contributed by atoms with Gasteiger partial charge < -0.3 is 10.6 Å². The van der Waals surface area contributed by atoms with Crippen LogP contribution in [-0.4, -0.2) is 29.4 Å². The van der Waals surface area contributed by atoms with Crippen molar-refractivity contribution >= 4 is 22.6 Å². The third kappa shape index (κ3) is 4.04. The maximum absolute atomic E-state index is 12.2. The summed E-state index contributed by atoms with van der Waals surface area (Å²) in [4.78, 5) is 28.0. The molecule has 0 aliphatic rings. The molecule has 0 spiro atoms. The van der Waals surface area contributed by atoms with Gasteiger partial charge in [0.1, 0.15) is 5.69 Å². The standard InChI is InChI=1S/C17H21N3O2/c1-3-12(2)20-15(21)9-11-19-17(22)16-14-7-5-4-6-13(14)8-10-18-16/h4-8,10,12H,3,9,11H2,1-2H3,(H,19,22)(H,20,21)/t12-/m0/s1. The van der Waals surface area contributed by atoms with Crippen molar-refractivity contribution in [2.24, 2.45) is 0 Å². The van der Waals surface area contributed by atoms with Gasteiger partial charge in [-0.25, -0.2) is 0 Å². The summed E-state index contributed by atoms with van der Waals surface area (Å²) in [6.45, 7) is 4.27. The number of pyridine rings is 1. The number of rotatable bonds is 6. The number of fused-ring (bicyclic) bond motifs is 1. The zero-order chi connectivity index (χ0) is 15.9. The Morgan fingerprint density at radius 2 is 2.00 bits per heavy atom. The van der Waals surface area contributed by atoms with Crippen molar-refractivity contribution in [1.29, 1.82) is 0 Å². The number of nitrogens with one attached hydrogen (secondary N) is 2. The topological polar surface area (TPSA) is 71.1 Å². The van der Waals surface area contributed by atoms with Gasteiger partial charge in [0.25, 0.3) is 5.91 Å². The predicted molar refractivity (Wildman–Crippen MR) is 86.6 cm³/mol. The van der Waals surface area contributed by atoms with E-state index in [2.05, 4.69) is 15.6 Å². The summed E-state index contributed by atoms with van der Waals surface area (Å²) in [5.41, 5.74) is 0.389. The van der Waals surface area contributed by atoms with Crippen LogP contribution in [0.4, 0.5) is 0 Å². The van der Waals surface area contributed by atoms with Gasteiger partial charge in [-0.1, -0.05) is 31.2 Å². The van der Waals surface area contributed by atoms with Crippen LogP contribution in [0.15, 0.2) is 36.5 Å². The molecule has 1 aromatic carbocycles. The van der Waals surface area contributed by atoms with Gasteiger partial charge in [0.15, 0.2) is 0 Å². The molecule has 0 unspecified atom stereocenters. The average molecular weight is 299 g/mol. The molecule has 2 amide bonds. The van der Waals surface area contributed by atoms with Crippen molar-refractivity contribution in [3.8, 4) is 0 Å². The molecule has 0 saturated heterocycles. The van der Waals surface area contributed by atoms with Crippen molar-refractivity contribution in [2.45, 2.75) is 32.7 Å². The van der Waals surface area contributed by atoms with Gasteiger partial charge in [-0.15, -0.1) is 0 Å². The first-order chi connectivity index (χ1) is 10.6. The Kier molecular flexibility index (Phi) is 5.47. The summed E-state index contributed by atoms with van der Waals surface area (Å²) in [7, 11) is 0. The lowest BCUT2D eigenvalue weighted by atomic mass is 10.1. The summed E-state index contributed by atoms with van der Waals surface area (Å²) in [6.07, 6.45) is 2.77. The molecule has 1 heterocycles. The maximum atomic E-state index is 12.2. The van der Waals surface area contributed by atoms with Gasteiger partial charge >= 0.3 is 0 Å². The van der Waals surface area contributed by atoms with Gasteiger partial charge in [-0.3, -0.25) is 14.6 Å². The lowest BCUT2D eigenvalue weighted by Gasteiger charge is -2.11. The molecular weight excluding hydrogens is 278 g/mol. The Bertz CT molecular complexity index is 665. The number of aromatic nitrogens is 1. The SMILES string of the molecule is CC[C@H](C)NC(=O)CCNC(=O)c1nccc2ccccc12. The molecule has 116 valence electrons. The molecule has 22 heavy (non-hydrogen) atoms. The molecule has 5 nitrogen and oxygen atoms in total. The van der Waals surface area contributed by atoms with E-state index in [9.17, 15) is 9.59 Å². The highest BCUT2D eigenvalue weighted by Gasteiger charge is 2.12. The van der Waals surface area contributed by atoms with Crippen molar-refractivity contribution in [1.82, 2.24) is 15.6 Å². The van der Waals surface area contributed by atoms with E-state index in [1.54, 1.807) is 6.20 Å². The second kappa shape index (κ2) is 7.54. The quantitative estimate of drug-likeness (QED) is 0.859. The van der Waals surface area contributed by atoms with E-state index in [1.165, 1.54) is 0 Å². The van der Waals surface area contributed by atoms with Gasteiger partial charge in [-0.2, -0.15) is 0 Å². The third-order valence-corrected chi connectivity index (χ3v) is 3.55. The van der Waals surface area contributed by atoms with E-state index in [-0.39, 0.29) is 24.3 Å². The Balaban J connectivity index is 1.93. The van der Waals surface area contributed by atoms with E-state index >= 15 is 0 Å². The minimum Gasteiger partial charge on any atom is -0.354 e. The third-order valence-electron chi connectivity index (χ3n) is 3.55. The monoisotopic (exact) mass is 299 g/mol. The van der Waals surface area contributed by atoms with Crippen LogP contribution in [0.3, 0.4) is 0 Å². The van der Waals surface area contributed by atoms with Crippen LogP contribution in [0.5, 0.6) is 0 Å². The van der Waals surface area contributed by atoms with E-state index in [0.29, 0.717) is 12.2 Å². The second-order valence-corrected chi connectivity index (χ2v) is 5.26. The number of nitrogens with zero attached hydrogens (tertiary/aromatic N) is 1. The molecule has 2 rings (SSSR count). The lowest BCUT2D eigenvalue weighted by Crippen LogP contribution is -2.35. The molecule has 0 aliphatic carbocycles. The first-order valence-corrected chi connectivity index (χ1v) is 7.53. The van der Waals surface area contributed by atoms with E-state index in [0.717, 1.165) is 17.2 Å². The van der Waals surface area contributed by atoms with Crippen LogP contribution in [0, 0.1) is 0 Å². The van der Waals surface area contributed by atoms with Crippen molar-refractivity contribution < 1.29 is 9.59 Å². The summed E-state index contributed by atoms with van der Waals surface area (Å²) >= 11 is 0. The average Bonchev–Trinajstić information content (AvgIpc) is 2.54. The highest BCUT2D eigenvalue weighted by Crippen LogP contribution is 2.15. The summed E-state index contributed by atoms with van der Waals surface area (Å²) in [5, 5.41) is 7.40. The lowest BCUT2D eigenvalue weighted by molar-refractivity contribution is -0.121. The smallest absolute Gasteiger partial charge is 0.270 e. The molecule has 2 N–H and O–H groups in total. The summed E-state index contributed by atoms with van der Waals surface area (Å²) < 4.78 is 0. The molecule has 0 saturated carbocycles. The molecule has 2 aromatic rings. The first kappa shape index (κ1) is 15.9. The molecule has 1 atom stereocenters. The number of hydrogen-bond donors (Lipinski definition) is 2. The summed E-state index contributed by atoms with van der Waals surface area (Å²) in [6, 6.07) is 9.62. The zero-order valence-corrected chi connectivity index (χ0v) is 12.9. The zero-order valence-electron chi connectivity index (χ0n) is 12.9. The Morgan fingerprint density at radius 1 is 1.23 bits per heavy atom. The minimum absolute atomic E-state index is 0.0551. The fourth-order valence-electron chi connectivity index (χ4n) is 2.12. The maximum Gasteiger partial charge on any atom is 0.270 e. The fourth-order valence-corrected chi connectivity index (χ4v) is 2.12.